The van der Waals surface area contributed by atoms with Crippen molar-refractivity contribution in [2.45, 2.75) is 19.4 Å². The average Bonchev–Trinajstić information content (AvgIpc) is 2.41. The quantitative estimate of drug-likeness (QED) is 0.651. The van der Waals surface area contributed by atoms with E-state index in [4.69, 9.17) is 5.11 Å². The number of benzene rings is 1. The topological polar surface area (TPSA) is 95.7 Å². The Bertz CT molecular complexity index is 561. The lowest BCUT2D eigenvalue weighted by molar-refractivity contribution is -0.385. The van der Waals surface area contributed by atoms with Gasteiger partial charge < -0.3 is 15.3 Å². The van der Waals surface area contributed by atoms with E-state index < -0.39 is 10.9 Å². The zero-order valence-corrected chi connectivity index (χ0v) is 12.1. The van der Waals surface area contributed by atoms with E-state index in [1.165, 1.54) is 12.1 Å². The third-order valence-electron chi connectivity index (χ3n) is 3.88. The standard InChI is InChI=1S/C14H19N3O4/c1-9-8-16(2)6-5-12(9)15-10-3-4-13(17(20)21)11(7-10)14(18)19/h3-4,7,9,12,15H,5-6,8H2,1-2H3,(H,18,19). The van der Waals surface area contributed by atoms with Crippen LogP contribution in [0.5, 0.6) is 0 Å². The van der Waals surface area contributed by atoms with Gasteiger partial charge in [-0.3, -0.25) is 10.1 Å². The molecule has 0 radical (unpaired) electrons. The number of aromatic carboxylic acids is 1. The van der Waals surface area contributed by atoms with E-state index in [0.29, 0.717) is 11.6 Å². The molecule has 7 heteroatoms. The molecule has 1 heterocycles. The molecule has 1 saturated heterocycles. The fourth-order valence-corrected chi connectivity index (χ4v) is 2.74. The van der Waals surface area contributed by atoms with Crippen molar-refractivity contribution in [3.8, 4) is 0 Å². The van der Waals surface area contributed by atoms with Crippen molar-refractivity contribution in [2.24, 2.45) is 5.92 Å². The Morgan fingerprint density at radius 2 is 2.24 bits per heavy atom. The maximum atomic E-state index is 11.1. The summed E-state index contributed by atoms with van der Waals surface area (Å²) in [6.45, 7) is 4.08. The van der Waals surface area contributed by atoms with Crippen LogP contribution in [0.25, 0.3) is 0 Å². The van der Waals surface area contributed by atoms with Crippen molar-refractivity contribution >= 4 is 17.3 Å². The molecule has 0 spiro atoms. The molecule has 2 rings (SSSR count). The molecule has 1 aromatic carbocycles. The van der Waals surface area contributed by atoms with E-state index in [1.807, 2.05) is 0 Å². The zero-order chi connectivity index (χ0) is 15.6. The molecule has 0 aromatic heterocycles. The second kappa shape index (κ2) is 6.09. The predicted molar refractivity (Wildman–Crippen MR) is 78.7 cm³/mol. The smallest absolute Gasteiger partial charge is 0.342 e. The number of piperidine rings is 1. The van der Waals surface area contributed by atoms with Crippen LogP contribution in [0.4, 0.5) is 11.4 Å². The molecule has 1 aliphatic rings. The van der Waals surface area contributed by atoms with Gasteiger partial charge in [0.25, 0.3) is 5.69 Å². The first-order valence-corrected chi connectivity index (χ1v) is 6.85. The summed E-state index contributed by atoms with van der Waals surface area (Å²) < 4.78 is 0. The van der Waals surface area contributed by atoms with Gasteiger partial charge in [-0.1, -0.05) is 6.92 Å². The Morgan fingerprint density at radius 3 is 2.81 bits per heavy atom. The molecule has 2 N–H and O–H groups in total. The fourth-order valence-electron chi connectivity index (χ4n) is 2.74. The van der Waals surface area contributed by atoms with Crippen LogP contribution in [0.2, 0.25) is 0 Å². The van der Waals surface area contributed by atoms with Gasteiger partial charge in [0.2, 0.25) is 0 Å². The van der Waals surface area contributed by atoms with Gasteiger partial charge in [0.1, 0.15) is 5.56 Å². The summed E-state index contributed by atoms with van der Waals surface area (Å²) in [6, 6.07) is 4.39. The van der Waals surface area contributed by atoms with Crippen LogP contribution in [0.1, 0.15) is 23.7 Å². The van der Waals surface area contributed by atoms with Gasteiger partial charge >= 0.3 is 5.97 Å². The summed E-state index contributed by atoms with van der Waals surface area (Å²) in [5.74, 6) is -0.867. The van der Waals surface area contributed by atoms with Crippen LogP contribution in [0.3, 0.4) is 0 Å². The second-order valence-electron chi connectivity index (χ2n) is 5.57. The maximum absolute atomic E-state index is 11.1. The highest BCUT2D eigenvalue weighted by atomic mass is 16.6. The van der Waals surface area contributed by atoms with Gasteiger partial charge in [0.15, 0.2) is 0 Å². The summed E-state index contributed by atoms with van der Waals surface area (Å²) >= 11 is 0. The molecule has 1 aliphatic heterocycles. The molecule has 114 valence electrons. The molecular weight excluding hydrogens is 274 g/mol. The molecule has 2 atom stereocenters. The first-order valence-electron chi connectivity index (χ1n) is 6.85. The normalized spacial score (nSPS) is 22.8. The molecule has 1 fully saturated rings. The predicted octanol–water partition coefficient (Wildman–Crippen LogP) is 2.05. The summed E-state index contributed by atoms with van der Waals surface area (Å²) in [5, 5.41) is 23.2. The van der Waals surface area contributed by atoms with Crippen molar-refractivity contribution < 1.29 is 14.8 Å². The molecule has 0 amide bonds. The minimum Gasteiger partial charge on any atom is -0.477 e. The van der Waals surface area contributed by atoms with Crippen LogP contribution >= 0.6 is 0 Å². The fraction of sp³-hybridized carbons (Fsp3) is 0.500. The van der Waals surface area contributed by atoms with E-state index in [-0.39, 0.29) is 17.3 Å². The summed E-state index contributed by atoms with van der Waals surface area (Å²) in [6.07, 6.45) is 0.955. The Kier molecular flexibility index (Phi) is 4.42. The highest BCUT2D eigenvalue weighted by molar-refractivity contribution is 5.93. The number of likely N-dealkylation sites (tertiary alicyclic amines) is 1. The van der Waals surface area contributed by atoms with Gasteiger partial charge in [-0.2, -0.15) is 0 Å². The molecule has 7 nitrogen and oxygen atoms in total. The number of hydrogen-bond donors (Lipinski definition) is 2. The van der Waals surface area contributed by atoms with Gasteiger partial charge in [-0.25, -0.2) is 4.79 Å². The van der Waals surface area contributed by atoms with E-state index >= 15 is 0 Å². The van der Waals surface area contributed by atoms with Crippen molar-refractivity contribution in [3.63, 3.8) is 0 Å². The number of nitrogens with one attached hydrogen (secondary N) is 1. The number of nitro groups is 1. The van der Waals surface area contributed by atoms with Crippen molar-refractivity contribution in [1.82, 2.24) is 4.90 Å². The molecule has 0 aliphatic carbocycles. The number of nitrogens with zero attached hydrogens (tertiary/aromatic N) is 2. The first kappa shape index (κ1) is 15.2. The lowest BCUT2D eigenvalue weighted by Crippen LogP contribution is -2.43. The Balaban J connectivity index is 2.19. The number of nitro benzene ring substituents is 1. The van der Waals surface area contributed by atoms with Crippen LogP contribution in [-0.4, -0.2) is 47.1 Å². The molecule has 0 bridgehead atoms. The lowest BCUT2D eigenvalue weighted by Gasteiger charge is -2.35. The number of carboxylic acids is 1. The first-order chi connectivity index (χ1) is 9.88. The van der Waals surface area contributed by atoms with Gasteiger partial charge in [-0.15, -0.1) is 0 Å². The Morgan fingerprint density at radius 1 is 1.52 bits per heavy atom. The molecule has 1 aromatic rings. The lowest BCUT2D eigenvalue weighted by atomic mass is 9.94. The summed E-state index contributed by atoms with van der Waals surface area (Å²) in [4.78, 5) is 23.5. The third-order valence-corrected chi connectivity index (χ3v) is 3.88. The van der Waals surface area contributed by atoms with E-state index in [0.717, 1.165) is 19.5 Å². The highest BCUT2D eigenvalue weighted by Crippen LogP contribution is 2.25. The molecule has 2 unspecified atom stereocenters. The molecule has 21 heavy (non-hydrogen) atoms. The van der Waals surface area contributed by atoms with Crippen LogP contribution in [0.15, 0.2) is 18.2 Å². The number of carboxylic acid groups (broad SMARTS) is 1. The van der Waals surface area contributed by atoms with E-state index in [2.05, 4.69) is 24.2 Å². The van der Waals surface area contributed by atoms with Crippen LogP contribution in [0, 0.1) is 16.0 Å². The summed E-state index contributed by atoms with van der Waals surface area (Å²) in [7, 11) is 2.07. The number of hydrogen-bond acceptors (Lipinski definition) is 5. The average molecular weight is 293 g/mol. The summed E-state index contributed by atoms with van der Waals surface area (Å²) in [5.41, 5.74) is -0.0607. The minimum absolute atomic E-state index is 0.240. The van der Waals surface area contributed by atoms with Crippen LogP contribution < -0.4 is 5.32 Å². The monoisotopic (exact) mass is 293 g/mol. The number of rotatable bonds is 4. The maximum Gasteiger partial charge on any atom is 0.342 e. The van der Waals surface area contributed by atoms with E-state index in [1.54, 1.807) is 6.07 Å². The zero-order valence-electron chi connectivity index (χ0n) is 12.1. The van der Waals surface area contributed by atoms with Crippen molar-refractivity contribution in [3.05, 3.63) is 33.9 Å². The van der Waals surface area contributed by atoms with Gasteiger partial charge in [0, 0.05) is 24.3 Å². The van der Waals surface area contributed by atoms with Crippen molar-refractivity contribution in [2.75, 3.05) is 25.5 Å². The second-order valence-corrected chi connectivity index (χ2v) is 5.57. The Labute approximate surface area is 122 Å². The largest absolute Gasteiger partial charge is 0.477 e. The van der Waals surface area contributed by atoms with Crippen LogP contribution in [-0.2, 0) is 0 Å². The number of anilines is 1. The SMILES string of the molecule is CC1CN(C)CCC1Nc1ccc([N+](=O)[O-])c(C(=O)O)c1. The molecule has 0 saturated carbocycles. The number of carbonyl (C=O) groups is 1. The van der Waals surface area contributed by atoms with Gasteiger partial charge in [-0.05, 0) is 38.1 Å². The third kappa shape index (κ3) is 3.49. The van der Waals surface area contributed by atoms with Crippen molar-refractivity contribution in [1.29, 1.82) is 0 Å². The van der Waals surface area contributed by atoms with Gasteiger partial charge in [0.05, 0.1) is 4.92 Å². The molecular formula is C14H19N3O4. The van der Waals surface area contributed by atoms with E-state index in [9.17, 15) is 14.9 Å². The Hall–Kier alpha value is -2.15. The highest BCUT2D eigenvalue weighted by Gasteiger charge is 2.25. The minimum atomic E-state index is -1.29.